The molecule has 1 spiro atoms. The largest absolute Gasteiger partial charge is 0.310 e. The fourth-order valence-corrected chi connectivity index (χ4v) is 12.9. The van der Waals surface area contributed by atoms with Gasteiger partial charge in [-0.15, -0.1) is 0 Å². The Morgan fingerprint density at radius 2 is 0.964 bits per heavy atom. The molecule has 0 unspecified atom stereocenters. The number of hydrogen-bond acceptors (Lipinski definition) is 1. The predicted octanol–water partition coefficient (Wildman–Crippen LogP) is 14.5. The predicted molar refractivity (Wildman–Crippen MR) is 233 cm³/mol. The zero-order valence-corrected chi connectivity index (χ0v) is 32.4. The molecule has 1 nitrogen and oxygen atoms in total. The topological polar surface area (TPSA) is 3.24 Å². The van der Waals surface area contributed by atoms with Crippen LogP contribution in [0.2, 0.25) is 0 Å². The van der Waals surface area contributed by atoms with Crippen molar-refractivity contribution < 1.29 is 0 Å². The van der Waals surface area contributed by atoms with Crippen molar-refractivity contribution in [2.75, 3.05) is 4.90 Å². The van der Waals surface area contributed by atoms with Crippen LogP contribution >= 0.6 is 0 Å². The average Bonchev–Trinajstić information content (AvgIpc) is 3.66. The standard InChI is InChI=1S/C55H47N/c1-54(2)48-18-8-7-17-47(48)53-50(54)20-11-21-52(53)56(43-24-22-38(23-25-43)40-15-10-14-39(33-40)37-12-4-3-5-13-37)44-26-27-46-45-16-6-9-19-49(45)55(51(46)34-44)41-29-35-28-36(31-41)32-42(55)30-35/h3-27,33-36,41-42H,28-32H2,1-2H3. The van der Waals surface area contributed by atoms with E-state index in [2.05, 4.69) is 183 Å². The molecular weight excluding hydrogens is 675 g/mol. The normalized spacial score (nSPS) is 24.1. The molecule has 0 aromatic heterocycles. The second-order valence-corrected chi connectivity index (χ2v) is 18.1. The second kappa shape index (κ2) is 11.9. The van der Waals surface area contributed by atoms with E-state index in [0.717, 1.165) is 23.7 Å². The van der Waals surface area contributed by atoms with Gasteiger partial charge in [0.15, 0.2) is 0 Å². The molecule has 0 radical (unpaired) electrons. The van der Waals surface area contributed by atoms with E-state index in [1.807, 2.05) is 0 Å². The maximum absolute atomic E-state index is 2.65. The van der Waals surface area contributed by atoms with Crippen molar-refractivity contribution in [1.29, 1.82) is 0 Å². The molecule has 0 saturated heterocycles. The smallest absolute Gasteiger partial charge is 0.0543 e. The summed E-state index contributed by atoms with van der Waals surface area (Å²) in [5.74, 6) is 3.29. The summed E-state index contributed by atoms with van der Waals surface area (Å²) in [5, 5.41) is 0. The highest BCUT2D eigenvalue weighted by Crippen LogP contribution is 2.69. The lowest BCUT2D eigenvalue weighted by Gasteiger charge is -2.61. The van der Waals surface area contributed by atoms with Crippen LogP contribution < -0.4 is 4.90 Å². The highest BCUT2D eigenvalue weighted by atomic mass is 15.1. The highest BCUT2D eigenvalue weighted by molar-refractivity contribution is 5.96. The van der Waals surface area contributed by atoms with Gasteiger partial charge in [-0.25, -0.2) is 0 Å². The third-order valence-corrected chi connectivity index (χ3v) is 15.1. The summed E-state index contributed by atoms with van der Waals surface area (Å²) in [6.07, 6.45) is 7.02. The number of benzene rings is 7. The van der Waals surface area contributed by atoms with Crippen molar-refractivity contribution in [1.82, 2.24) is 0 Å². The molecule has 6 aliphatic rings. The van der Waals surface area contributed by atoms with Gasteiger partial charge in [0.05, 0.1) is 5.69 Å². The minimum absolute atomic E-state index is 0.0781. The van der Waals surface area contributed by atoms with Gasteiger partial charge in [-0.05, 0) is 153 Å². The first-order chi connectivity index (χ1) is 27.5. The first kappa shape index (κ1) is 32.6. The molecule has 7 aromatic carbocycles. The van der Waals surface area contributed by atoms with E-state index in [1.54, 1.807) is 11.1 Å². The van der Waals surface area contributed by atoms with E-state index in [1.165, 1.54) is 105 Å². The maximum atomic E-state index is 2.65. The van der Waals surface area contributed by atoms with Gasteiger partial charge < -0.3 is 4.90 Å². The van der Waals surface area contributed by atoms with Crippen molar-refractivity contribution in [3.05, 3.63) is 186 Å². The van der Waals surface area contributed by atoms with Crippen LogP contribution in [-0.4, -0.2) is 0 Å². The number of anilines is 3. The van der Waals surface area contributed by atoms with Gasteiger partial charge in [0.1, 0.15) is 0 Å². The van der Waals surface area contributed by atoms with Crippen LogP contribution in [0.25, 0.3) is 44.5 Å². The summed E-state index contributed by atoms with van der Waals surface area (Å²) >= 11 is 0. The second-order valence-electron chi connectivity index (χ2n) is 18.1. The summed E-state index contributed by atoms with van der Waals surface area (Å²) in [5.41, 5.74) is 20.4. The van der Waals surface area contributed by atoms with Gasteiger partial charge in [0.25, 0.3) is 0 Å². The van der Waals surface area contributed by atoms with Crippen LogP contribution in [0.15, 0.2) is 164 Å². The van der Waals surface area contributed by atoms with Crippen molar-refractivity contribution in [2.24, 2.45) is 23.7 Å². The quantitative estimate of drug-likeness (QED) is 0.171. The molecule has 0 atom stereocenters. The van der Waals surface area contributed by atoms with Crippen molar-refractivity contribution in [2.45, 2.75) is 56.8 Å². The molecule has 13 rings (SSSR count). The summed E-state index contributed by atoms with van der Waals surface area (Å²) in [6, 6.07) is 62.2. The lowest BCUT2D eigenvalue weighted by Crippen LogP contribution is -2.55. The SMILES string of the molecule is CC1(C)c2ccccc2-c2c(N(c3ccc(-c4cccc(-c5ccccc5)c4)cc3)c3ccc4c(c3)C3(c5ccccc5-4)C4CC5CC(C4)CC3C5)cccc21. The van der Waals surface area contributed by atoms with Crippen LogP contribution in [0.4, 0.5) is 17.1 Å². The molecular formula is C55H47N. The first-order valence-electron chi connectivity index (χ1n) is 21.0. The van der Waals surface area contributed by atoms with Crippen LogP contribution in [0.1, 0.15) is 68.2 Å². The van der Waals surface area contributed by atoms with Gasteiger partial charge in [-0.2, -0.15) is 0 Å². The third-order valence-electron chi connectivity index (χ3n) is 15.1. The Labute approximate surface area is 331 Å². The minimum Gasteiger partial charge on any atom is -0.310 e. The van der Waals surface area contributed by atoms with Gasteiger partial charge in [-0.3, -0.25) is 0 Å². The molecule has 0 amide bonds. The Hall–Kier alpha value is -5.66. The van der Waals surface area contributed by atoms with Gasteiger partial charge in [0.2, 0.25) is 0 Å². The van der Waals surface area contributed by atoms with Crippen molar-refractivity contribution in [3.63, 3.8) is 0 Å². The number of fused-ring (bicyclic) bond motifs is 6. The molecule has 0 aliphatic heterocycles. The summed E-state index contributed by atoms with van der Waals surface area (Å²) in [7, 11) is 0. The Kier molecular flexibility index (Phi) is 6.93. The summed E-state index contributed by atoms with van der Waals surface area (Å²) < 4.78 is 0. The van der Waals surface area contributed by atoms with E-state index in [-0.39, 0.29) is 10.8 Å². The van der Waals surface area contributed by atoms with E-state index in [0.29, 0.717) is 0 Å². The molecule has 56 heavy (non-hydrogen) atoms. The summed E-state index contributed by atoms with van der Waals surface area (Å²) in [4.78, 5) is 2.59. The Balaban J connectivity index is 1.05. The zero-order chi connectivity index (χ0) is 37.2. The summed E-state index contributed by atoms with van der Waals surface area (Å²) in [6.45, 7) is 4.79. The Morgan fingerprint density at radius 3 is 1.70 bits per heavy atom. The highest BCUT2D eigenvalue weighted by Gasteiger charge is 2.61. The molecule has 0 N–H and O–H groups in total. The Bertz CT molecular complexity index is 2650. The molecule has 7 aromatic rings. The van der Waals surface area contributed by atoms with Crippen LogP contribution in [-0.2, 0) is 10.8 Å². The molecule has 0 heterocycles. The first-order valence-corrected chi connectivity index (χ1v) is 21.0. The lowest BCUT2D eigenvalue weighted by atomic mass is 9.43. The van der Waals surface area contributed by atoms with Gasteiger partial charge in [0, 0.05) is 27.8 Å². The molecule has 272 valence electrons. The fourth-order valence-electron chi connectivity index (χ4n) is 12.9. The molecule has 1 heteroatoms. The fraction of sp³-hybridized carbons (Fsp3) is 0.236. The van der Waals surface area contributed by atoms with E-state index < -0.39 is 0 Å². The van der Waals surface area contributed by atoms with E-state index in [9.17, 15) is 0 Å². The monoisotopic (exact) mass is 721 g/mol. The maximum Gasteiger partial charge on any atom is 0.0543 e. The number of rotatable bonds is 5. The van der Waals surface area contributed by atoms with Crippen molar-refractivity contribution >= 4 is 17.1 Å². The number of nitrogens with zero attached hydrogens (tertiary/aromatic N) is 1. The minimum atomic E-state index is -0.0781. The van der Waals surface area contributed by atoms with E-state index in [4.69, 9.17) is 0 Å². The van der Waals surface area contributed by atoms with Crippen LogP contribution in [0, 0.1) is 23.7 Å². The zero-order valence-electron chi connectivity index (χ0n) is 32.4. The molecule has 4 fully saturated rings. The number of hydrogen-bond donors (Lipinski definition) is 0. The van der Waals surface area contributed by atoms with E-state index >= 15 is 0 Å². The van der Waals surface area contributed by atoms with Gasteiger partial charge in [-0.1, -0.05) is 141 Å². The van der Waals surface area contributed by atoms with Crippen LogP contribution in [0.3, 0.4) is 0 Å². The van der Waals surface area contributed by atoms with Crippen LogP contribution in [0.5, 0.6) is 0 Å². The third kappa shape index (κ3) is 4.49. The molecule has 6 aliphatic carbocycles. The Morgan fingerprint density at radius 1 is 0.411 bits per heavy atom. The van der Waals surface area contributed by atoms with Gasteiger partial charge >= 0.3 is 0 Å². The van der Waals surface area contributed by atoms with Crippen molar-refractivity contribution in [3.8, 4) is 44.5 Å². The molecule has 4 saturated carbocycles. The molecule has 4 bridgehead atoms. The lowest BCUT2D eigenvalue weighted by molar-refractivity contribution is -0.0399. The average molecular weight is 722 g/mol.